The second kappa shape index (κ2) is 6.39. The quantitative estimate of drug-likeness (QED) is 0.617. The molecule has 6 nitrogen and oxygen atoms in total. The van der Waals surface area contributed by atoms with E-state index in [4.69, 9.17) is 11.6 Å². The van der Waals surface area contributed by atoms with Gasteiger partial charge in [-0.25, -0.2) is 4.79 Å². The molecular weight excluding hydrogens is 338 g/mol. The van der Waals surface area contributed by atoms with Crippen LogP contribution in [-0.2, 0) is 4.79 Å². The highest BCUT2D eigenvalue weighted by Crippen LogP contribution is 2.23. The van der Waals surface area contributed by atoms with Crippen LogP contribution in [0.5, 0.6) is 0 Å². The second-order valence-electron chi connectivity index (χ2n) is 4.91. The lowest BCUT2D eigenvalue weighted by Crippen LogP contribution is -2.13. The standard InChI is InChI=1S/C15H12ClN3O3S/c16-13-5-4-12(23-13)11(20)3-6-14(21)17-8-1-2-9-10(7-8)19-15(22)18-9/h1-2,4-5,7H,3,6H2,(H,17,21)(H2,18,19,22). The zero-order chi connectivity index (χ0) is 16.4. The average Bonchev–Trinajstić information content (AvgIpc) is 3.09. The van der Waals surface area contributed by atoms with Crippen molar-refractivity contribution in [2.75, 3.05) is 5.32 Å². The minimum atomic E-state index is -0.302. The van der Waals surface area contributed by atoms with E-state index in [1.54, 1.807) is 30.3 Å². The van der Waals surface area contributed by atoms with E-state index in [0.29, 0.717) is 25.9 Å². The Labute approximate surface area is 139 Å². The van der Waals surface area contributed by atoms with Crippen LogP contribution in [0, 0.1) is 0 Å². The molecule has 1 amide bonds. The Balaban J connectivity index is 1.59. The predicted octanol–water partition coefficient (Wildman–Crippen LogP) is 3.17. The van der Waals surface area contributed by atoms with Crippen molar-refractivity contribution in [3.63, 3.8) is 0 Å². The molecule has 3 N–H and O–H groups in total. The molecule has 0 aliphatic rings. The molecule has 1 aromatic carbocycles. The number of nitrogens with one attached hydrogen (secondary N) is 3. The van der Waals surface area contributed by atoms with Crippen LogP contribution in [0.1, 0.15) is 22.5 Å². The van der Waals surface area contributed by atoms with Crippen LogP contribution in [-0.4, -0.2) is 21.7 Å². The van der Waals surface area contributed by atoms with Crippen LogP contribution in [0.25, 0.3) is 11.0 Å². The number of fused-ring (bicyclic) bond motifs is 1. The SMILES string of the molecule is O=C(CCC(=O)c1ccc(Cl)s1)Nc1ccc2[nH]c(=O)[nH]c2c1. The van der Waals surface area contributed by atoms with E-state index >= 15 is 0 Å². The molecule has 0 bridgehead atoms. The fourth-order valence-corrected chi connectivity index (χ4v) is 3.16. The molecule has 3 rings (SSSR count). The van der Waals surface area contributed by atoms with Gasteiger partial charge in [0.05, 0.1) is 20.2 Å². The number of rotatable bonds is 5. The van der Waals surface area contributed by atoms with Crippen LogP contribution >= 0.6 is 22.9 Å². The molecule has 0 radical (unpaired) electrons. The van der Waals surface area contributed by atoms with Gasteiger partial charge in [-0.1, -0.05) is 11.6 Å². The third kappa shape index (κ3) is 3.69. The van der Waals surface area contributed by atoms with Gasteiger partial charge in [0.25, 0.3) is 0 Å². The van der Waals surface area contributed by atoms with E-state index in [1.807, 2.05) is 0 Å². The first-order valence-electron chi connectivity index (χ1n) is 6.82. The number of ketones is 1. The second-order valence-corrected chi connectivity index (χ2v) is 6.63. The fourth-order valence-electron chi connectivity index (χ4n) is 2.15. The number of carbonyl (C=O) groups is 2. The zero-order valence-corrected chi connectivity index (χ0v) is 13.4. The summed E-state index contributed by atoms with van der Waals surface area (Å²) in [6.07, 6.45) is 0.196. The Morgan fingerprint density at radius 3 is 2.61 bits per heavy atom. The van der Waals surface area contributed by atoms with E-state index in [2.05, 4.69) is 15.3 Å². The summed E-state index contributed by atoms with van der Waals surface area (Å²) in [4.78, 5) is 40.8. The summed E-state index contributed by atoms with van der Waals surface area (Å²) in [5.41, 5.74) is 1.53. The number of H-pyrrole nitrogens is 2. The Morgan fingerprint density at radius 2 is 1.87 bits per heavy atom. The van der Waals surface area contributed by atoms with E-state index in [9.17, 15) is 14.4 Å². The molecule has 0 aliphatic heterocycles. The highest BCUT2D eigenvalue weighted by Gasteiger charge is 2.12. The molecule has 8 heteroatoms. The van der Waals surface area contributed by atoms with Gasteiger partial charge in [-0.2, -0.15) is 0 Å². The van der Waals surface area contributed by atoms with Crippen molar-refractivity contribution in [1.82, 2.24) is 9.97 Å². The van der Waals surface area contributed by atoms with E-state index < -0.39 is 0 Å². The lowest BCUT2D eigenvalue weighted by Gasteiger charge is -2.04. The third-order valence-electron chi connectivity index (χ3n) is 3.23. The van der Waals surface area contributed by atoms with Crippen molar-refractivity contribution >= 4 is 51.3 Å². The van der Waals surface area contributed by atoms with Crippen molar-refractivity contribution in [2.45, 2.75) is 12.8 Å². The Kier molecular flexibility index (Phi) is 4.31. The number of hydrogen-bond donors (Lipinski definition) is 3. The summed E-state index contributed by atoms with van der Waals surface area (Å²) in [6, 6.07) is 8.36. The normalized spacial score (nSPS) is 10.8. The summed E-state index contributed by atoms with van der Waals surface area (Å²) >= 11 is 6.99. The molecule has 0 aliphatic carbocycles. The topological polar surface area (TPSA) is 94.8 Å². The number of aromatic amines is 2. The maximum absolute atomic E-state index is 11.9. The van der Waals surface area contributed by atoms with Crippen molar-refractivity contribution in [2.24, 2.45) is 0 Å². The van der Waals surface area contributed by atoms with E-state index in [-0.39, 0.29) is 30.2 Å². The van der Waals surface area contributed by atoms with Gasteiger partial charge in [-0.05, 0) is 30.3 Å². The van der Waals surface area contributed by atoms with Gasteiger partial charge in [0, 0.05) is 18.5 Å². The largest absolute Gasteiger partial charge is 0.326 e. The van der Waals surface area contributed by atoms with Crippen molar-refractivity contribution in [3.05, 3.63) is 50.0 Å². The molecule has 3 aromatic rings. The number of imidazole rings is 1. The highest BCUT2D eigenvalue weighted by atomic mass is 35.5. The smallest absolute Gasteiger partial charge is 0.323 e. The number of aromatic nitrogens is 2. The number of benzene rings is 1. The lowest BCUT2D eigenvalue weighted by molar-refractivity contribution is -0.116. The van der Waals surface area contributed by atoms with Gasteiger partial charge < -0.3 is 15.3 Å². The van der Waals surface area contributed by atoms with Gasteiger partial charge in [-0.3, -0.25) is 9.59 Å². The van der Waals surface area contributed by atoms with Gasteiger partial charge in [0.1, 0.15) is 0 Å². The number of carbonyl (C=O) groups excluding carboxylic acids is 2. The van der Waals surface area contributed by atoms with Crippen LogP contribution in [0.15, 0.2) is 35.1 Å². The molecule has 0 saturated heterocycles. The van der Waals surface area contributed by atoms with Crippen LogP contribution in [0.4, 0.5) is 5.69 Å². The van der Waals surface area contributed by atoms with Crippen molar-refractivity contribution in [1.29, 1.82) is 0 Å². The summed E-state index contributed by atoms with van der Waals surface area (Å²) in [5.74, 6) is -0.374. The Morgan fingerprint density at radius 1 is 1.09 bits per heavy atom. The lowest BCUT2D eigenvalue weighted by atomic mass is 10.2. The van der Waals surface area contributed by atoms with Crippen LogP contribution in [0.3, 0.4) is 0 Å². The number of anilines is 1. The molecule has 0 saturated carbocycles. The average molecular weight is 350 g/mol. The maximum atomic E-state index is 11.9. The van der Waals surface area contributed by atoms with Gasteiger partial charge in [0.15, 0.2) is 5.78 Å². The minimum Gasteiger partial charge on any atom is -0.326 e. The highest BCUT2D eigenvalue weighted by molar-refractivity contribution is 7.18. The molecule has 0 fully saturated rings. The van der Waals surface area contributed by atoms with E-state index in [1.165, 1.54) is 11.3 Å². The summed E-state index contributed by atoms with van der Waals surface area (Å²) in [7, 11) is 0. The zero-order valence-electron chi connectivity index (χ0n) is 11.8. The number of halogens is 1. The predicted molar refractivity (Wildman–Crippen MR) is 90.4 cm³/mol. The monoisotopic (exact) mass is 349 g/mol. The number of Topliss-reactive ketones (excluding diaryl/α,β-unsaturated/α-hetero) is 1. The molecule has 0 unspecified atom stereocenters. The summed E-state index contributed by atoms with van der Waals surface area (Å²) in [5, 5.41) is 2.71. The summed E-state index contributed by atoms with van der Waals surface area (Å²) in [6.45, 7) is 0. The minimum absolute atomic E-state index is 0.0794. The molecule has 0 atom stereocenters. The number of amides is 1. The number of thiophene rings is 1. The Bertz CT molecular complexity index is 941. The van der Waals surface area contributed by atoms with E-state index in [0.717, 1.165) is 0 Å². The van der Waals surface area contributed by atoms with Crippen molar-refractivity contribution < 1.29 is 9.59 Å². The maximum Gasteiger partial charge on any atom is 0.323 e. The van der Waals surface area contributed by atoms with Crippen LogP contribution < -0.4 is 11.0 Å². The first-order valence-corrected chi connectivity index (χ1v) is 8.01. The first-order chi connectivity index (χ1) is 11.0. The fraction of sp³-hybridized carbons (Fsp3) is 0.133. The molecule has 2 aromatic heterocycles. The first kappa shape index (κ1) is 15.5. The third-order valence-corrected chi connectivity index (χ3v) is 4.50. The molecule has 118 valence electrons. The van der Waals surface area contributed by atoms with Crippen molar-refractivity contribution in [3.8, 4) is 0 Å². The van der Waals surface area contributed by atoms with Crippen LogP contribution in [0.2, 0.25) is 4.34 Å². The molecular formula is C15H12ClN3O3S. The molecule has 2 heterocycles. The van der Waals surface area contributed by atoms with Gasteiger partial charge in [-0.15, -0.1) is 11.3 Å². The number of hydrogen-bond acceptors (Lipinski definition) is 4. The van der Waals surface area contributed by atoms with Gasteiger partial charge in [0.2, 0.25) is 5.91 Å². The molecule has 0 spiro atoms. The molecule has 23 heavy (non-hydrogen) atoms. The Hall–Kier alpha value is -2.38. The summed E-state index contributed by atoms with van der Waals surface area (Å²) < 4.78 is 0.548. The van der Waals surface area contributed by atoms with Gasteiger partial charge >= 0.3 is 5.69 Å².